The van der Waals surface area contributed by atoms with Crippen LogP contribution in [0.2, 0.25) is 0 Å². The first kappa shape index (κ1) is 12.6. The molecule has 0 aliphatic carbocycles. The van der Waals surface area contributed by atoms with Crippen LogP contribution in [0.1, 0.15) is 5.56 Å². The number of rotatable bonds is 3. The van der Waals surface area contributed by atoms with E-state index in [1.807, 2.05) is 0 Å². The molecule has 0 atom stereocenters. The second kappa shape index (κ2) is 4.82. The molecule has 0 unspecified atom stereocenters. The quantitative estimate of drug-likeness (QED) is 0.849. The number of anilines is 1. The molecule has 2 aromatic rings. The zero-order valence-corrected chi connectivity index (χ0v) is 10.8. The van der Waals surface area contributed by atoms with Gasteiger partial charge in [-0.2, -0.15) is 0 Å². The molecule has 2 radical (unpaired) electrons. The maximum atomic E-state index is 12.3. The van der Waals surface area contributed by atoms with E-state index in [4.69, 9.17) is 6.92 Å². The van der Waals surface area contributed by atoms with Crippen molar-refractivity contribution >= 4 is 15.7 Å². The van der Waals surface area contributed by atoms with E-state index in [2.05, 4.69) is 0 Å². The van der Waals surface area contributed by atoms with Crippen molar-refractivity contribution in [2.75, 3.05) is 11.4 Å². The number of sulfonamides is 1. The first-order chi connectivity index (χ1) is 8.51. The summed E-state index contributed by atoms with van der Waals surface area (Å²) in [4.78, 5) is 0.259. The van der Waals surface area contributed by atoms with Crippen molar-refractivity contribution < 1.29 is 8.42 Å². The third-order valence-corrected chi connectivity index (χ3v) is 4.44. The van der Waals surface area contributed by atoms with Gasteiger partial charge in [0.2, 0.25) is 0 Å². The molecule has 0 heterocycles. The van der Waals surface area contributed by atoms with Crippen LogP contribution >= 0.6 is 0 Å². The van der Waals surface area contributed by atoms with Gasteiger partial charge in [0.05, 0.1) is 10.6 Å². The first-order valence-corrected chi connectivity index (χ1v) is 6.85. The van der Waals surface area contributed by atoms with Crippen LogP contribution in [0.25, 0.3) is 0 Å². The molecule has 18 heavy (non-hydrogen) atoms. The molecule has 3 nitrogen and oxygen atoms in total. The van der Waals surface area contributed by atoms with Crippen LogP contribution in [0.15, 0.2) is 59.5 Å². The third kappa shape index (κ3) is 2.38. The van der Waals surface area contributed by atoms with E-state index >= 15 is 0 Å². The number of hydrogen-bond acceptors (Lipinski definition) is 2. The topological polar surface area (TPSA) is 37.4 Å². The normalized spacial score (nSPS) is 11.2. The van der Waals surface area contributed by atoms with Gasteiger partial charge in [-0.05, 0) is 36.8 Å². The van der Waals surface area contributed by atoms with Crippen LogP contribution in [-0.4, -0.2) is 15.5 Å². The molecule has 0 N–H and O–H groups in total. The molecule has 0 amide bonds. The smallest absolute Gasteiger partial charge is 0.264 e. The van der Waals surface area contributed by atoms with Crippen molar-refractivity contribution in [3.05, 3.63) is 67.1 Å². The molecule has 2 aromatic carbocycles. The SMILES string of the molecule is [CH]c1cccc(N(C)S(=O)(=O)c2ccccc2)c1. The number of hydrogen-bond donors (Lipinski definition) is 0. The van der Waals surface area contributed by atoms with Gasteiger partial charge in [0.15, 0.2) is 0 Å². The Labute approximate surface area is 108 Å². The zero-order valence-electron chi connectivity index (χ0n) is 9.95. The lowest BCUT2D eigenvalue weighted by atomic mass is 10.2. The van der Waals surface area contributed by atoms with E-state index in [9.17, 15) is 8.42 Å². The van der Waals surface area contributed by atoms with Gasteiger partial charge in [-0.15, -0.1) is 0 Å². The van der Waals surface area contributed by atoms with Gasteiger partial charge in [0.1, 0.15) is 0 Å². The Bertz CT molecular complexity index is 636. The average molecular weight is 259 g/mol. The van der Waals surface area contributed by atoms with Crippen LogP contribution in [0.5, 0.6) is 0 Å². The summed E-state index contributed by atoms with van der Waals surface area (Å²) >= 11 is 0. The largest absolute Gasteiger partial charge is 0.269 e. The van der Waals surface area contributed by atoms with E-state index in [1.54, 1.807) is 54.6 Å². The molecule has 0 saturated heterocycles. The minimum atomic E-state index is -3.53. The Kier molecular flexibility index (Phi) is 3.39. The highest BCUT2D eigenvalue weighted by atomic mass is 32.2. The van der Waals surface area contributed by atoms with Crippen LogP contribution in [0, 0.1) is 6.92 Å². The first-order valence-electron chi connectivity index (χ1n) is 5.41. The fourth-order valence-electron chi connectivity index (χ4n) is 1.61. The molecule has 0 fully saturated rings. The van der Waals surface area contributed by atoms with Gasteiger partial charge in [-0.25, -0.2) is 8.42 Å². The highest BCUT2D eigenvalue weighted by Crippen LogP contribution is 2.22. The molecule has 0 spiro atoms. The van der Waals surface area contributed by atoms with Crippen LogP contribution < -0.4 is 4.31 Å². The predicted octanol–water partition coefficient (Wildman–Crippen LogP) is 2.57. The lowest BCUT2D eigenvalue weighted by molar-refractivity contribution is 0.594. The molecular formula is C14H13NO2S. The summed E-state index contributed by atoms with van der Waals surface area (Å²) in [5.41, 5.74) is 1.07. The Balaban J connectivity index is 2.43. The van der Waals surface area contributed by atoms with E-state index in [1.165, 1.54) is 11.4 Å². The average Bonchev–Trinajstić information content (AvgIpc) is 2.39. The van der Waals surface area contributed by atoms with Gasteiger partial charge >= 0.3 is 0 Å². The summed E-state index contributed by atoms with van der Waals surface area (Å²) in [5.74, 6) is 0. The summed E-state index contributed by atoms with van der Waals surface area (Å²) in [6.07, 6.45) is 0. The van der Waals surface area contributed by atoms with Crippen LogP contribution in [0.4, 0.5) is 5.69 Å². The predicted molar refractivity (Wildman–Crippen MR) is 71.9 cm³/mol. The number of nitrogens with zero attached hydrogens (tertiary/aromatic N) is 1. The van der Waals surface area contributed by atoms with Crippen molar-refractivity contribution in [1.82, 2.24) is 0 Å². The Hall–Kier alpha value is -1.81. The monoisotopic (exact) mass is 259 g/mol. The van der Waals surface area contributed by atoms with Crippen molar-refractivity contribution in [3.8, 4) is 0 Å². The highest BCUT2D eigenvalue weighted by molar-refractivity contribution is 7.92. The minimum Gasteiger partial charge on any atom is -0.269 e. The van der Waals surface area contributed by atoms with Gasteiger partial charge in [-0.1, -0.05) is 30.3 Å². The van der Waals surface area contributed by atoms with Crippen molar-refractivity contribution in [2.45, 2.75) is 4.90 Å². The second-order valence-electron chi connectivity index (χ2n) is 3.88. The van der Waals surface area contributed by atoms with E-state index < -0.39 is 10.0 Å². The van der Waals surface area contributed by atoms with E-state index in [-0.39, 0.29) is 4.90 Å². The molecule has 0 aromatic heterocycles. The summed E-state index contributed by atoms with van der Waals surface area (Å²) < 4.78 is 25.9. The Morgan fingerprint density at radius 2 is 1.67 bits per heavy atom. The Morgan fingerprint density at radius 1 is 1.00 bits per heavy atom. The lowest BCUT2D eigenvalue weighted by Crippen LogP contribution is -2.26. The zero-order chi connectivity index (χ0) is 13.2. The maximum Gasteiger partial charge on any atom is 0.264 e. The van der Waals surface area contributed by atoms with Crippen molar-refractivity contribution in [1.29, 1.82) is 0 Å². The Morgan fingerprint density at radius 3 is 2.28 bits per heavy atom. The molecule has 0 aliphatic rings. The summed E-state index contributed by atoms with van der Waals surface area (Å²) in [6, 6.07) is 15.1. The molecule has 4 heteroatoms. The molecule has 2 rings (SSSR count). The third-order valence-electron chi connectivity index (χ3n) is 2.64. The number of benzene rings is 2. The molecular weight excluding hydrogens is 246 g/mol. The summed E-state index contributed by atoms with van der Waals surface area (Å²) in [6.45, 7) is 5.66. The van der Waals surface area contributed by atoms with E-state index in [0.29, 0.717) is 11.3 Å². The highest BCUT2D eigenvalue weighted by Gasteiger charge is 2.20. The van der Waals surface area contributed by atoms with Gasteiger partial charge < -0.3 is 0 Å². The fourth-order valence-corrected chi connectivity index (χ4v) is 2.82. The summed E-state index contributed by atoms with van der Waals surface area (Å²) in [7, 11) is -2.02. The molecule has 92 valence electrons. The van der Waals surface area contributed by atoms with Gasteiger partial charge in [-0.3, -0.25) is 4.31 Å². The van der Waals surface area contributed by atoms with Crippen molar-refractivity contribution in [3.63, 3.8) is 0 Å². The lowest BCUT2D eigenvalue weighted by Gasteiger charge is -2.19. The second-order valence-corrected chi connectivity index (χ2v) is 5.85. The molecule has 0 saturated carbocycles. The van der Waals surface area contributed by atoms with E-state index in [0.717, 1.165) is 0 Å². The standard InChI is InChI=1S/C14H13NO2S/c1-12-7-6-8-13(11-12)15(2)18(16,17)14-9-4-3-5-10-14/h1,3-11H,2H3. The summed E-state index contributed by atoms with van der Waals surface area (Å²) in [5, 5.41) is 0. The van der Waals surface area contributed by atoms with Crippen molar-refractivity contribution in [2.24, 2.45) is 0 Å². The maximum absolute atomic E-state index is 12.3. The molecule has 0 aliphatic heterocycles. The van der Waals surface area contributed by atoms with Gasteiger partial charge in [0, 0.05) is 7.05 Å². The van der Waals surface area contributed by atoms with Crippen LogP contribution in [0.3, 0.4) is 0 Å². The van der Waals surface area contributed by atoms with Gasteiger partial charge in [0.25, 0.3) is 10.0 Å². The molecule has 0 bridgehead atoms. The fraction of sp³-hybridized carbons (Fsp3) is 0.0714. The minimum absolute atomic E-state index is 0.259. The van der Waals surface area contributed by atoms with Crippen LogP contribution in [-0.2, 0) is 10.0 Å².